The van der Waals surface area contributed by atoms with E-state index in [-0.39, 0.29) is 48.1 Å². The number of nitriles is 1. The summed E-state index contributed by atoms with van der Waals surface area (Å²) in [4.78, 5) is 41.2. The summed E-state index contributed by atoms with van der Waals surface area (Å²) in [6.45, 7) is 0.151. The second kappa shape index (κ2) is 6.42. The first-order valence-electron chi connectivity index (χ1n) is 8.52. The van der Waals surface area contributed by atoms with Crippen molar-refractivity contribution in [3.63, 3.8) is 0 Å². The summed E-state index contributed by atoms with van der Waals surface area (Å²) in [5.41, 5.74) is 7.01. The van der Waals surface area contributed by atoms with E-state index >= 15 is 0 Å². The molecule has 1 unspecified atom stereocenters. The Morgan fingerprint density at radius 2 is 2.11 bits per heavy atom. The second-order valence-corrected chi connectivity index (χ2v) is 6.63. The van der Waals surface area contributed by atoms with Crippen LogP contribution in [0.5, 0.6) is 0 Å². The zero-order valence-electron chi connectivity index (χ0n) is 14.5. The highest BCUT2D eigenvalue weighted by atomic mass is 19.1. The first-order chi connectivity index (χ1) is 13.4. The van der Waals surface area contributed by atoms with Gasteiger partial charge in [0.15, 0.2) is 5.82 Å². The number of nitrogens with two attached hydrogens (primary N) is 1. The molecule has 0 radical (unpaired) electrons. The van der Waals surface area contributed by atoms with Crippen molar-refractivity contribution < 1.29 is 18.8 Å². The highest BCUT2D eigenvalue weighted by Crippen LogP contribution is 2.34. The molecule has 3 amide bonds. The number of piperidine rings is 1. The quantitative estimate of drug-likeness (QED) is 0.752. The lowest BCUT2D eigenvalue weighted by molar-refractivity contribution is -0.136. The van der Waals surface area contributed by atoms with Gasteiger partial charge in [0.05, 0.1) is 6.20 Å². The number of rotatable bonds is 2. The van der Waals surface area contributed by atoms with Gasteiger partial charge in [-0.15, -0.1) is 0 Å². The zero-order valence-corrected chi connectivity index (χ0v) is 14.5. The molecule has 1 aromatic heterocycles. The Morgan fingerprint density at radius 3 is 2.82 bits per heavy atom. The lowest BCUT2D eigenvalue weighted by Crippen LogP contribution is -2.52. The van der Waals surface area contributed by atoms with E-state index in [0.717, 1.165) is 6.20 Å². The van der Waals surface area contributed by atoms with Crippen molar-refractivity contribution in [2.75, 3.05) is 5.73 Å². The summed E-state index contributed by atoms with van der Waals surface area (Å²) >= 11 is 0. The largest absolute Gasteiger partial charge is 0.383 e. The topological polar surface area (TPSA) is 129 Å². The minimum absolute atomic E-state index is 0.0182. The van der Waals surface area contributed by atoms with Gasteiger partial charge in [-0.3, -0.25) is 19.7 Å². The number of amides is 3. The molecular formula is C19H14FN5O3. The van der Waals surface area contributed by atoms with Gasteiger partial charge in [0, 0.05) is 24.1 Å². The van der Waals surface area contributed by atoms with E-state index in [2.05, 4.69) is 10.3 Å². The van der Waals surface area contributed by atoms with E-state index in [0.29, 0.717) is 16.7 Å². The fraction of sp³-hybridized carbons (Fsp3) is 0.211. The van der Waals surface area contributed by atoms with Gasteiger partial charge in [-0.1, -0.05) is 6.07 Å². The fourth-order valence-electron chi connectivity index (χ4n) is 3.63. The molecule has 0 spiro atoms. The number of hydrogen-bond acceptors (Lipinski definition) is 6. The zero-order chi connectivity index (χ0) is 20.0. The number of carbonyl (C=O) groups is 3. The van der Waals surface area contributed by atoms with Gasteiger partial charge in [-0.2, -0.15) is 5.26 Å². The molecule has 3 N–H and O–H groups in total. The molecule has 1 saturated heterocycles. The van der Waals surface area contributed by atoms with Crippen LogP contribution in [0.15, 0.2) is 24.4 Å². The maximum Gasteiger partial charge on any atom is 0.255 e. The fourth-order valence-corrected chi connectivity index (χ4v) is 3.63. The van der Waals surface area contributed by atoms with Crippen molar-refractivity contribution in [3.05, 3.63) is 46.9 Å². The Morgan fingerprint density at radius 1 is 1.32 bits per heavy atom. The summed E-state index contributed by atoms with van der Waals surface area (Å²) in [6, 6.07) is 5.81. The predicted octanol–water partition coefficient (Wildman–Crippen LogP) is 1.10. The van der Waals surface area contributed by atoms with Crippen LogP contribution >= 0.6 is 0 Å². The molecule has 0 bridgehead atoms. The Kier molecular flexibility index (Phi) is 4.04. The number of hydrogen-bond donors (Lipinski definition) is 2. The number of nitrogen functional groups attached to an aromatic ring is 1. The summed E-state index contributed by atoms with van der Waals surface area (Å²) < 4.78 is 14.4. The van der Waals surface area contributed by atoms with E-state index < -0.39 is 17.8 Å². The third kappa shape index (κ3) is 2.66. The van der Waals surface area contributed by atoms with Crippen LogP contribution in [-0.2, 0) is 16.1 Å². The Hall–Kier alpha value is -3.80. The molecule has 1 fully saturated rings. The first-order valence-corrected chi connectivity index (χ1v) is 8.52. The van der Waals surface area contributed by atoms with Crippen molar-refractivity contribution in [3.8, 4) is 17.2 Å². The molecule has 8 nitrogen and oxygen atoms in total. The normalized spacial score (nSPS) is 18.6. The van der Waals surface area contributed by atoms with Crippen LogP contribution in [0.2, 0.25) is 0 Å². The molecule has 1 aromatic carbocycles. The molecular weight excluding hydrogens is 365 g/mol. The SMILES string of the molecule is N#Cc1c(N)ncc(F)c1-c1ccc2c(c1)CN(C1CCC(=O)NC1=O)C2=O. The monoisotopic (exact) mass is 379 g/mol. The number of imide groups is 1. The van der Waals surface area contributed by atoms with Crippen molar-refractivity contribution in [1.82, 2.24) is 15.2 Å². The molecule has 28 heavy (non-hydrogen) atoms. The minimum Gasteiger partial charge on any atom is -0.383 e. The summed E-state index contributed by atoms with van der Waals surface area (Å²) in [5, 5.41) is 11.6. The third-order valence-electron chi connectivity index (χ3n) is 4.99. The van der Waals surface area contributed by atoms with E-state index in [1.54, 1.807) is 6.07 Å². The minimum atomic E-state index is -0.732. The molecule has 0 saturated carbocycles. The molecule has 2 aromatic rings. The average Bonchev–Trinajstić information content (AvgIpc) is 2.99. The molecule has 1 atom stereocenters. The molecule has 2 aliphatic heterocycles. The van der Waals surface area contributed by atoms with Crippen molar-refractivity contribution in [1.29, 1.82) is 5.26 Å². The number of pyridine rings is 1. The van der Waals surface area contributed by atoms with E-state index in [1.807, 2.05) is 6.07 Å². The van der Waals surface area contributed by atoms with Crippen LogP contribution in [0.25, 0.3) is 11.1 Å². The number of nitrogens with zero attached hydrogens (tertiary/aromatic N) is 3. The number of carbonyl (C=O) groups excluding carboxylic acids is 3. The maximum absolute atomic E-state index is 14.4. The van der Waals surface area contributed by atoms with Gasteiger partial charge < -0.3 is 10.6 Å². The summed E-state index contributed by atoms with van der Waals surface area (Å²) in [7, 11) is 0. The Bertz CT molecular complexity index is 1090. The van der Waals surface area contributed by atoms with E-state index in [1.165, 1.54) is 17.0 Å². The van der Waals surface area contributed by atoms with Gasteiger partial charge in [-0.25, -0.2) is 9.37 Å². The van der Waals surface area contributed by atoms with Crippen molar-refractivity contribution in [2.24, 2.45) is 0 Å². The molecule has 2 aliphatic rings. The molecule has 0 aliphatic carbocycles. The van der Waals surface area contributed by atoms with E-state index in [9.17, 15) is 24.0 Å². The number of anilines is 1. The van der Waals surface area contributed by atoms with Crippen LogP contribution in [-0.4, -0.2) is 33.6 Å². The molecule has 4 rings (SSSR count). The van der Waals surface area contributed by atoms with Gasteiger partial charge >= 0.3 is 0 Å². The average molecular weight is 379 g/mol. The lowest BCUT2D eigenvalue weighted by atomic mass is 9.97. The summed E-state index contributed by atoms with van der Waals surface area (Å²) in [6.07, 6.45) is 1.36. The maximum atomic E-state index is 14.4. The van der Waals surface area contributed by atoms with Gasteiger partial charge in [0.1, 0.15) is 23.5 Å². The first kappa shape index (κ1) is 17.6. The van der Waals surface area contributed by atoms with Crippen LogP contribution in [0.1, 0.15) is 34.3 Å². The summed E-state index contributed by atoms with van der Waals surface area (Å²) in [5.74, 6) is -1.97. The number of halogens is 1. The van der Waals surface area contributed by atoms with Gasteiger partial charge in [-0.05, 0) is 29.7 Å². The Balaban J connectivity index is 1.71. The molecule has 140 valence electrons. The van der Waals surface area contributed by atoms with Crippen LogP contribution in [0, 0.1) is 17.1 Å². The lowest BCUT2D eigenvalue weighted by Gasteiger charge is -2.29. The predicted molar refractivity (Wildman–Crippen MR) is 94.8 cm³/mol. The van der Waals surface area contributed by atoms with Crippen molar-refractivity contribution >= 4 is 23.5 Å². The second-order valence-electron chi connectivity index (χ2n) is 6.63. The van der Waals surface area contributed by atoms with Crippen LogP contribution in [0.4, 0.5) is 10.2 Å². The van der Waals surface area contributed by atoms with Gasteiger partial charge in [0.2, 0.25) is 11.8 Å². The molecule has 3 heterocycles. The van der Waals surface area contributed by atoms with Gasteiger partial charge in [0.25, 0.3) is 5.91 Å². The van der Waals surface area contributed by atoms with E-state index in [4.69, 9.17) is 5.73 Å². The Labute approximate surface area is 158 Å². The highest BCUT2D eigenvalue weighted by Gasteiger charge is 2.39. The number of nitrogens with one attached hydrogen (secondary N) is 1. The standard InChI is InChI=1S/C19H14FN5O3/c20-13-7-23-17(22)12(6-21)16(13)9-1-2-11-10(5-9)8-25(19(11)28)14-3-4-15(26)24-18(14)27/h1-2,5,7,14H,3-4,8H2,(H2,22,23)(H,24,26,27). The van der Waals surface area contributed by atoms with Crippen LogP contribution < -0.4 is 11.1 Å². The van der Waals surface area contributed by atoms with Crippen molar-refractivity contribution in [2.45, 2.75) is 25.4 Å². The molecule has 9 heteroatoms. The number of fused-ring (bicyclic) bond motifs is 1. The highest BCUT2D eigenvalue weighted by molar-refractivity contribution is 6.05. The number of benzene rings is 1. The van der Waals surface area contributed by atoms with Crippen LogP contribution in [0.3, 0.4) is 0 Å². The number of aromatic nitrogens is 1. The third-order valence-corrected chi connectivity index (χ3v) is 4.99. The smallest absolute Gasteiger partial charge is 0.255 e.